The van der Waals surface area contributed by atoms with Crippen molar-refractivity contribution in [1.82, 2.24) is 0 Å². The topological polar surface area (TPSA) is 60.8 Å². The van der Waals surface area contributed by atoms with Gasteiger partial charge in [0, 0.05) is 19.0 Å². The fraction of sp³-hybridized carbons (Fsp3) is 0.364. The van der Waals surface area contributed by atoms with E-state index in [0.29, 0.717) is 6.07 Å². The molecule has 17 heavy (non-hydrogen) atoms. The molecule has 0 aromatic heterocycles. The molecule has 2 N–H and O–H groups in total. The number of rotatable bonds is 2. The molecule has 0 radical (unpaired) electrons. The van der Waals surface area contributed by atoms with Gasteiger partial charge >= 0.3 is 5.97 Å². The molecular formula is C11H11F2NO3. The molecule has 1 aliphatic heterocycles. The lowest BCUT2D eigenvalue weighted by Gasteiger charge is -2.22. The number of carbonyl (C=O) groups is 1. The Balaban J connectivity index is 2.26. The first-order valence-corrected chi connectivity index (χ1v) is 5.11. The number of nitrogens with zero attached hydrogens (tertiary/aromatic N) is 1. The van der Waals surface area contributed by atoms with Crippen molar-refractivity contribution in [1.29, 1.82) is 0 Å². The van der Waals surface area contributed by atoms with Gasteiger partial charge in [0.15, 0.2) is 0 Å². The van der Waals surface area contributed by atoms with Crippen LogP contribution in [-0.2, 0) is 4.79 Å². The summed E-state index contributed by atoms with van der Waals surface area (Å²) in [5.41, 5.74) is 0.0163. The third kappa shape index (κ3) is 2.21. The van der Waals surface area contributed by atoms with Gasteiger partial charge in [-0.15, -0.1) is 0 Å². The highest BCUT2D eigenvalue weighted by Gasteiger charge is 2.36. The van der Waals surface area contributed by atoms with Gasteiger partial charge < -0.3 is 15.1 Å². The number of halogens is 2. The van der Waals surface area contributed by atoms with Crippen LogP contribution in [0.5, 0.6) is 0 Å². The number of aliphatic hydroxyl groups is 1. The zero-order valence-corrected chi connectivity index (χ0v) is 8.81. The summed E-state index contributed by atoms with van der Waals surface area (Å²) in [5, 5.41) is 18.5. The fourth-order valence-corrected chi connectivity index (χ4v) is 1.97. The summed E-state index contributed by atoms with van der Waals surface area (Å²) in [6.07, 6.45) is -1.03. The predicted molar refractivity (Wildman–Crippen MR) is 55.5 cm³/mol. The predicted octanol–water partition coefficient (Wildman–Crippen LogP) is 1.19. The van der Waals surface area contributed by atoms with E-state index in [1.54, 1.807) is 0 Å². The maximum atomic E-state index is 13.5. The zero-order valence-electron chi connectivity index (χ0n) is 8.81. The number of anilines is 1. The zero-order chi connectivity index (χ0) is 12.6. The van der Waals surface area contributed by atoms with Gasteiger partial charge in [-0.2, -0.15) is 0 Å². The van der Waals surface area contributed by atoms with Crippen molar-refractivity contribution in [2.24, 2.45) is 5.92 Å². The Bertz CT molecular complexity index is 452. The van der Waals surface area contributed by atoms with Crippen LogP contribution < -0.4 is 4.90 Å². The second-order valence-electron chi connectivity index (χ2n) is 4.00. The minimum absolute atomic E-state index is 0.0129. The van der Waals surface area contributed by atoms with Gasteiger partial charge in [-0.05, 0) is 12.1 Å². The van der Waals surface area contributed by atoms with E-state index in [1.165, 1.54) is 11.0 Å². The number of hydrogen-bond acceptors (Lipinski definition) is 3. The van der Waals surface area contributed by atoms with Crippen LogP contribution in [0.1, 0.15) is 6.42 Å². The molecule has 0 saturated carbocycles. The minimum atomic E-state index is -1.06. The lowest BCUT2D eigenvalue weighted by molar-refractivity contribution is -0.141. The van der Waals surface area contributed by atoms with E-state index in [4.69, 9.17) is 5.11 Å². The molecule has 0 bridgehead atoms. The summed E-state index contributed by atoms with van der Waals surface area (Å²) < 4.78 is 26.2. The smallest absolute Gasteiger partial charge is 0.308 e. The number of carboxylic acid groups (broad SMARTS) is 1. The average Bonchev–Trinajstić information content (AvgIpc) is 2.61. The number of hydrogen-bond donors (Lipinski definition) is 2. The van der Waals surface area contributed by atoms with Crippen LogP contribution >= 0.6 is 0 Å². The summed E-state index contributed by atoms with van der Waals surface area (Å²) in [4.78, 5) is 12.0. The molecule has 0 spiro atoms. The van der Waals surface area contributed by atoms with E-state index in [-0.39, 0.29) is 18.7 Å². The number of carboxylic acids is 1. The van der Waals surface area contributed by atoms with E-state index in [1.807, 2.05) is 0 Å². The first kappa shape index (κ1) is 11.8. The molecule has 1 aromatic rings. The molecule has 1 saturated heterocycles. The summed E-state index contributed by atoms with van der Waals surface area (Å²) in [6.45, 7) is 0.0129. The van der Waals surface area contributed by atoms with Gasteiger partial charge in [0.05, 0.1) is 11.6 Å². The van der Waals surface area contributed by atoms with E-state index < -0.39 is 29.7 Å². The van der Waals surface area contributed by atoms with E-state index in [0.717, 1.165) is 6.07 Å². The number of benzene rings is 1. The summed E-state index contributed by atoms with van der Waals surface area (Å²) in [5.74, 6) is -3.30. The Hall–Kier alpha value is -1.69. The molecule has 0 amide bonds. The van der Waals surface area contributed by atoms with Crippen molar-refractivity contribution in [3.63, 3.8) is 0 Å². The fourth-order valence-electron chi connectivity index (χ4n) is 1.97. The SMILES string of the molecule is O=C(O)[C@@H]1C[C@@H](O)N(c2ccc(F)cc2F)C1. The van der Waals surface area contributed by atoms with Gasteiger partial charge in [0.25, 0.3) is 0 Å². The Labute approximate surface area is 96.1 Å². The normalized spacial score (nSPS) is 24.1. The highest BCUT2D eigenvalue weighted by Crippen LogP contribution is 2.30. The van der Waals surface area contributed by atoms with Crippen molar-refractivity contribution >= 4 is 11.7 Å². The number of aliphatic hydroxyl groups excluding tert-OH is 1. The van der Waals surface area contributed by atoms with Crippen LogP contribution in [0.15, 0.2) is 18.2 Å². The van der Waals surface area contributed by atoms with Crippen LogP contribution in [0.4, 0.5) is 14.5 Å². The van der Waals surface area contributed by atoms with Crippen LogP contribution in [-0.4, -0.2) is 29.0 Å². The third-order valence-electron chi connectivity index (χ3n) is 2.84. The molecule has 6 heteroatoms. The molecule has 0 unspecified atom stereocenters. The van der Waals surface area contributed by atoms with Crippen molar-refractivity contribution in [3.05, 3.63) is 29.8 Å². The Kier molecular flexibility index (Phi) is 2.97. The molecule has 0 aliphatic carbocycles. The maximum absolute atomic E-state index is 13.5. The highest BCUT2D eigenvalue weighted by molar-refractivity contribution is 5.72. The quantitative estimate of drug-likeness (QED) is 0.819. The molecule has 2 rings (SSSR count). The maximum Gasteiger partial charge on any atom is 0.308 e. The van der Waals surface area contributed by atoms with E-state index in [2.05, 4.69) is 0 Å². The van der Waals surface area contributed by atoms with E-state index in [9.17, 15) is 18.7 Å². The first-order chi connectivity index (χ1) is 7.99. The first-order valence-electron chi connectivity index (χ1n) is 5.11. The standard InChI is InChI=1S/C11H11F2NO3/c12-7-1-2-9(8(13)4-7)14-5-6(11(16)17)3-10(14)15/h1-2,4,6,10,15H,3,5H2,(H,16,17)/t6-,10-/m1/s1. The molecule has 1 fully saturated rings. The summed E-state index contributed by atoms with van der Waals surface area (Å²) in [7, 11) is 0. The average molecular weight is 243 g/mol. The van der Waals surface area contributed by atoms with Crippen molar-refractivity contribution in [2.45, 2.75) is 12.6 Å². The highest BCUT2D eigenvalue weighted by atomic mass is 19.1. The van der Waals surface area contributed by atoms with Crippen LogP contribution in [0.3, 0.4) is 0 Å². The van der Waals surface area contributed by atoms with Crippen LogP contribution in [0, 0.1) is 17.6 Å². The van der Waals surface area contributed by atoms with Crippen molar-refractivity contribution in [2.75, 3.05) is 11.4 Å². The molecular weight excluding hydrogens is 232 g/mol. The second kappa shape index (κ2) is 4.29. The summed E-state index contributed by atoms with van der Waals surface area (Å²) >= 11 is 0. The molecule has 92 valence electrons. The van der Waals surface area contributed by atoms with Crippen molar-refractivity contribution < 1.29 is 23.8 Å². The van der Waals surface area contributed by atoms with Gasteiger partial charge in [-0.25, -0.2) is 8.78 Å². The summed E-state index contributed by atoms with van der Waals surface area (Å²) in [6, 6.07) is 2.97. The van der Waals surface area contributed by atoms with Crippen LogP contribution in [0.2, 0.25) is 0 Å². The van der Waals surface area contributed by atoms with E-state index >= 15 is 0 Å². The molecule has 1 aliphatic rings. The van der Waals surface area contributed by atoms with Gasteiger partial charge in [0.1, 0.15) is 17.9 Å². The molecule has 4 nitrogen and oxygen atoms in total. The Morgan fingerprint density at radius 3 is 2.65 bits per heavy atom. The lowest BCUT2D eigenvalue weighted by atomic mass is 10.1. The lowest BCUT2D eigenvalue weighted by Crippen LogP contribution is -2.30. The van der Waals surface area contributed by atoms with Crippen molar-refractivity contribution in [3.8, 4) is 0 Å². The number of aliphatic carboxylic acids is 1. The van der Waals surface area contributed by atoms with Gasteiger partial charge in [-0.3, -0.25) is 4.79 Å². The minimum Gasteiger partial charge on any atom is -0.481 e. The van der Waals surface area contributed by atoms with Gasteiger partial charge in [-0.1, -0.05) is 0 Å². The second-order valence-corrected chi connectivity index (χ2v) is 4.00. The van der Waals surface area contributed by atoms with Crippen LogP contribution in [0.25, 0.3) is 0 Å². The third-order valence-corrected chi connectivity index (χ3v) is 2.84. The van der Waals surface area contributed by atoms with Gasteiger partial charge in [0.2, 0.25) is 0 Å². The molecule has 1 aromatic carbocycles. The monoisotopic (exact) mass is 243 g/mol. The molecule has 2 atom stereocenters. The Morgan fingerprint density at radius 1 is 1.41 bits per heavy atom. The Morgan fingerprint density at radius 2 is 2.12 bits per heavy atom. The largest absolute Gasteiger partial charge is 0.481 e. The molecule has 1 heterocycles.